The standard InChI is InChI=1S/C31H31N5O3.C28H23F3N4O4.C27H23ClN4O3/c1-35-12-14-36(15-13-35)31(37)22-4-2-21(3-5-22)28-19-26-27(34-28)8-11-33-30(26)23-6-7-29(24(18-23)20-32)39-25-9-16-38-17-10-25;29-28(30,31)39-21-4-1-17(2-5-21)24-14-22-23(34-24)7-10-33-27(22)18-3-6-25(19(13-18)15-32)38-20-8-11-35(12-9-20)26(37)16-36;28-20-4-1-17(2-5-20)24-14-22-23(31-24)7-10-30-27(22)18-3-6-25(19(13-18)15-29)35-21-8-11-32(12-9-21)26(34)16-33/h2-8,11,18-19,25,34H,9-10,12-17H2,1H3;1-7,10,13-14,20,34,36H,8-9,11-12,16H2;1-7,10,13-14,21,31,33H,8-9,11-12,16H2. The molecular weight excluding hydrogens is 1470 g/mol. The number of carbonyl (C=O) groups excluding carboxylic acids is 3. The number of rotatable bonds is 16. The molecule has 4 fully saturated rings. The van der Waals surface area contributed by atoms with Gasteiger partial charge < -0.3 is 68.4 Å². The van der Waals surface area contributed by atoms with Crippen LogP contribution in [0.25, 0.3) is 100 Å². The van der Waals surface area contributed by atoms with E-state index in [-0.39, 0.29) is 41.8 Å². The highest BCUT2D eigenvalue weighted by atomic mass is 35.5. The second kappa shape index (κ2) is 34.8. The number of alkyl halides is 3. The smallest absolute Gasteiger partial charge is 0.489 e. The number of pyridine rings is 3. The topological polar surface area (TPSA) is 308 Å². The Morgan fingerprint density at radius 2 is 0.832 bits per heavy atom. The lowest BCUT2D eigenvalue weighted by Crippen LogP contribution is -2.47. The molecule has 3 amide bonds. The number of hydrogen-bond acceptors (Lipinski definition) is 17. The number of aromatic nitrogens is 6. The maximum absolute atomic E-state index is 12.9. The Balaban J connectivity index is 0.000000141. The van der Waals surface area contributed by atoms with Crippen molar-refractivity contribution >= 4 is 62.0 Å². The summed E-state index contributed by atoms with van der Waals surface area (Å²) in [6, 6.07) is 55.8. The number of nitriles is 3. The number of benzene rings is 6. The number of aromatic amines is 3. The number of likely N-dealkylation sites (N-methyl/N-ethyl adjacent to an activating group) is 1. The molecule has 27 heteroatoms. The number of amides is 3. The number of carbonyl (C=O) groups is 3. The Morgan fingerprint density at radius 1 is 0.478 bits per heavy atom. The molecule has 113 heavy (non-hydrogen) atoms. The molecule has 6 aromatic carbocycles. The van der Waals surface area contributed by atoms with Crippen LogP contribution in [0.2, 0.25) is 5.02 Å². The number of hydrogen-bond donors (Lipinski definition) is 5. The zero-order valence-electron chi connectivity index (χ0n) is 61.4. The molecule has 0 aliphatic carbocycles. The van der Waals surface area contributed by atoms with Gasteiger partial charge in [0, 0.05) is 187 Å². The number of halogens is 4. The third-order valence-electron chi connectivity index (χ3n) is 20.5. The van der Waals surface area contributed by atoms with Crippen molar-refractivity contribution in [2.75, 3.05) is 85.8 Å². The van der Waals surface area contributed by atoms with Crippen LogP contribution in [0.5, 0.6) is 23.0 Å². The Labute approximate surface area is 652 Å². The second-order valence-corrected chi connectivity index (χ2v) is 28.2. The van der Waals surface area contributed by atoms with Crippen molar-refractivity contribution in [2.45, 2.75) is 63.2 Å². The first-order valence-corrected chi connectivity index (χ1v) is 37.4. The highest BCUT2D eigenvalue weighted by Gasteiger charge is 2.32. The fourth-order valence-corrected chi connectivity index (χ4v) is 14.5. The summed E-state index contributed by atoms with van der Waals surface area (Å²) in [5.41, 5.74) is 14.5. The number of piperazine rings is 1. The van der Waals surface area contributed by atoms with Gasteiger partial charge in [0.05, 0.1) is 47.0 Å². The van der Waals surface area contributed by atoms with E-state index in [1.54, 1.807) is 52.7 Å². The van der Waals surface area contributed by atoms with Gasteiger partial charge in [-0.3, -0.25) is 29.3 Å². The quantitative estimate of drug-likeness (QED) is 0.0600. The summed E-state index contributed by atoms with van der Waals surface area (Å²) < 4.78 is 65.1. The molecule has 0 saturated carbocycles. The predicted octanol–water partition coefficient (Wildman–Crippen LogP) is 14.5. The normalized spacial score (nSPS) is 15.1. The van der Waals surface area contributed by atoms with E-state index in [9.17, 15) is 43.3 Å². The number of nitrogens with zero attached hydrogens (tertiary/aromatic N) is 10. The summed E-state index contributed by atoms with van der Waals surface area (Å²) in [5, 5.41) is 50.9. The van der Waals surface area contributed by atoms with Gasteiger partial charge in [-0.05, 0) is 163 Å². The molecule has 10 heterocycles. The van der Waals surface area contributed by atoms with Gasteiger partial charge in [-0.25, -0.2) is 0 Å². The van der Waals surface area contributed by atoms with E-state index in [0.29, 0.717) is 132 Å². The Kier molecular flexibility index (Phi) is 23.7. The lowest BCUT2D eigenvalue weighted by Gasteiger charge is -2.32. The maximum Gasteiger partial charge on any atom is 0.573 e. The lowest BCUT2D eigenvalue weighted by molar-refractivity contribution is -0.274. The van der Waals surface area contributed by atoms with Gasteiger partial charge in [0.1, 0.15) is 72.7 Å². The van der Waals surface area contributed by atoms with Gasteiger partial charge in [-0.15, -0.1) is 13.2 Å². The van der Waals surface area contributed by atoms with Gasteiger partial charge in [0.2, 0.25) is 11.8 Å². The van der Waals surface area contributed by atoms with Crippen LogP contribution in [0.4, 0.5) is 13.2 Å². The average molecular weight is 1550 g/mol. The van der Waals surface area contributed by atoms with E-state index in [0.717, 1.165) is 117 Å². The Hall–Kier alpha value is -12.6. The molecule has 4 saturated heterocycles. The number of fused-ring (bicyclic) bond motifs is 3. The molecule has 23 nitrogen and oxygen atoms in total. The molecule has 0 atom stereocenters. The molecule has 16 rings (SSSR count). The average Bonchev–Trinajstić information content (AvgIpc) is 1.67. The number of H-pyrrole nitrogens is 3. The summed E-state index contributed by atoms with van der Waals surface area (Å²) in [4.78, 5) is 67.6. The van der Waals surface area contributed by atoms with Crippen molar-refractivity contribution < 1.29 is 61.5 Å². The summed E-state index contributed by atoms with van der Waals surface area (Å²) in [5.74, 6) is 0.758. The minimum atomic E-state index is -4.76. The van der Waals surface area contributed by atoms with Crippen LogP contribution in [0, 0.1) is 34.0 Å². The van der Waals surface area contributed by atoms with Crippen LogP contribution < -0.4 is 18.9 Å². The predicted molar refractivity (Wildman–Crippen MR) is 419 cm³/mol. The molecular formula is C86H77ClF3N13O10. The molecule has 0 bridgehead atoms. The highest BCUT2D eigenvalue weighted by molar-refractivity contribution is 6.30. The van der Waals surface area contributed by atoms with Crippen LogP contribution in [0.15, 0.2) is 182 Å². The zero-order chi connectivity index (χ0) is 78.7. The monoisotopic (exact) mass is 1540 g/mol. The fraction of sp³-hybridized carbons (Fsp3) is 0.267. The zero-order valence-corrected chi connectivity index (χ0v) is 62.2. The largest absolute Gasteiger partial charge is 0.573 e. The van der Waals surface area contributed by atoms with Crippen molar-refractivity contribution in [1.29, 1.82) is 15.8 Å². The third kappa shape index (κ3) is 18.2. The van der Waals surface area contributed by atoms with E-state index in [4.69, 9.17) is 40.8 Å². The van der Waals surface area contributed by atoms with Crippen LogP contribution in [0.1, 0.15) is 65.6 Å². The van der Waals surface area contributed by atoms with E-state index in [2.05, 4.69) is 76.9 Å². The molecule has 0 spiro atoms. The number of ether oxygens (including phenoxy) is 5. The lowest BCUT2D eigenvalue weighted by atomic mass is 10.0. The SMILES string of the molecule is CN1CCN(C(=O)c2ccc(-c3cc4c(-c5ccc(OC6CCOCC6)c(C#N)c5)nccc4[nH]3)cc2)CC1.N#Cc1cc(-c2nccc3[nH]c(-c4ccc(Cl)cc4)cc23)ccc1OC1CCN(C(=O)CO)CC1.N#Cc1cc(-c2nccc3[nH]c(-c4ccc(OC(F)(F)F)cc4)cc23)ccc1OC1CCN(C(=O)CO)CC1. The van der Waals surface area contributed by atoms with Gasteiger partial charge in [0.25, 0.3) is 5.91 Å². The molecule has 5 N–H and O–H groups in total. The second-order valence-electron chi connectivity index (χ2n) is 27.8. The van der Waals surface area contributed by atoms with Crippen LogP contribution in [0.3, 0.4) is 0 Å². The van der Waals surface area contributed by atoms with Crippen molar-refractivity contribution in [1.82, 2.24) is 49.5 Å². The maximum atomic E-state index is 12.9. The van der Waals surface area contributed by atoms with Crippen molar-refractivity contribution in [3.05, 3.63) is 210 Å². The van der Waals surface area contributed by atoms with Crippen molar-refractivity contribution in [2.24, 2.45) is 0 Å². The van der Waals surface area contributed by atoms with Gasteiger partial charge in [-0.2, -0.15) is 15.8 Å². The minimum absolute atomic E-state index is 0.0636. The van der Waals surface area contributed by atoms with Crippen molar-refractivity contribution in [3.63, 3.8) is 0 Å². The third-order valence-corrected chi connectivity index (χ3v) is 20.7. The summed E-state index contributed by atoms with van der Waals surface area (Å²) >= 11 is 6.03. The van der Waals surface area contributed by atoms with Crippen LogP contribution in [-0.4, -0.2) is 188 Å². The highest BCUT2D eigenvalue weighted by Crippen LogP contribution is 2.39. The van der Waals surface area contributed by atoms with E-state index >= 15 is 0 Å². The first-order chi connectivity index (χ1) is 54.9. The summed E-state index contributed by atoms with van der Waals surface area (Å²) in [6.45, 7) is 5.69. The first kappa shape index (κ1) is 77.1. The Bertz CT molecular complexity index is 5570. The first-order valence-electron chi connectivity index (χ1n) is 37.0. The molecule has 4 aliphatic heterocycles. The molecule has 4 aliphatic rings. The number of likely N-dealkylation sites (tertiary alicyclic amines) is 2. The van der Waals surface area contributed by atoms with Gasteiger partial charge in [0.15, 0.2) is 0 Å². The number of aliphatic hydroxyl groups is 2. The number of piperidine rings is 2. The summed E-state index contributed by atoms with van der Waals surface area (Å²) in [6.07, 6.45) is 4.34. The Morgan fingerprint density at radius 3 is 1.19 bits per heavy atom. The van der Waals surface area contributed by atoms with Crippen molar-refractivity contribution in [3.8, 4) is 109 Å². The van der Waals surface area contributed by atoms with Crippen LogP contribution in [-0.2, 0) is 14.3 Å². The molecule has 0 unspecified atom stereocenters. The fourth-order valence-electron chi connectivity index (χ4n) is 14.3. The molecule has 574 valence electrons. The molecule has 6 aromatic heterocycles. The van der Waals surface area contributed by atoms with E-state index in [1.807, 2.05) is 108 Å². The van der Waals surface area contributed by atoms with E-state index in [1.165, 1.54) is 24.3 Å². The number of aliphatic hydroxyl groups excluding tert-OH is 2. The van der Waals surface area contributed by atoms with Crippen LogP contribution >= 0.6 is 11.6 Å². The summed E-state index contributed by atoms with van der Waals surface area (Å²) in [7, 11) is 2.08. The van der Waals surface area contributed by atoms with Gasteiger partial charge in [-0.1, -0.05) is 35.9 Å². The molecule has 12 aromatic rings. The minimum Gasteiger partial charge on any atom is -0.489 e. The molecule has 0 radical (unpaired) electrons. The van der Waals surface area contributed by atoms with E-state index < -0.39 is 19.6 Å². The number of nitrogens with one attached hydrogen (secondary N) is 3. The van der Waals surface area contributed by atoms with Gasteiger partial charge >= 0.3 is 6.36 Å².